The number of nitrogens with one attached hydrogen (secondary N) is 1. The second kappa shape index (κ2) is 7.69. The zero-order valence-electron chi connectivity index (χ0n) is 8.78. The van der Waals surface area contributed by atoms with Crippen LogP contribution in [0.1, 0.15) is 12.8 Å². The second-order valence-corrected chi connectivity index (χ2v) is 9.40. The Morgan fingerprint density at radius 3 is 2.14 bits per heavy atom. The van der Waals surface area contributed by atoms with E-state index in [0.29, 0.717) is 13.2 Å². The van der Waals surface area contributed by atoms with Gasteiger partial charge >= 0.3 is 90.9 Å². The molecule has 4 heteroatoms. The third-order valence-corrected chi connectivity index (χ3v) is 8.47. The first-order chi connectivity index (χ1) is 6.86. The molecule has 84 valence electrons. The van der Waals surface area contributed by atoms with E-state index >= 15 is 0 Å². The van der Waals surface area contributed by atoms with Crippen molar-refractivity contribution < 1.29 is 10.2 Å². The third kappa shape index (κ3) is 4.79. The molecule has 0 amide bonds. The van der Waals surface area contributed by atoms with Crippen LogP contribution in [0, 0.1) is 5.92 Å². The molecule has 3 nitrogen and oxygen atoms in total. The van der Waals surface area contributed by atoms with Gasteiger partial charge in [-0.3, -0.25) is 0 Å². The van der Waals surface area contributed by atoms with E-state index in [-0.39, 0.29) is 0 Å². The molecule has 0 unspecified atom stereocenters. The summed E-state index contributed by atoms with van der Waals surface area (Å²) in [6, 6.07) is 0. The Morgan fingerprint density at radius 2 is 1.64 bits per heavy atom. The first-order valence-electron chi connectivity index (χ1n) is 5.51. The topological polar surface area (TPSA) is 52.5 Å². The first kappa shape index (κ1) is 12.5. The quantitative estimate of drug-likeness (QED) is 0.610. The minimum atomic E-state index is -0.903. The molecule has 0 aliphatic carbocycles. The Morgan fingerprint density at radius 1 is 1.07 bits per heavy atom. The van der Waals surface area contributed by atoms with Crippen LogP contribution in [-0.2, 0) is 0 Å². The predicted molar refractivity (Wildman–Crippen MR) is 59.9 cm³/mol. The zero-order chi connectivity index (χ0) is 10.2. The Bertz CT molecular complexity index is 134. The predicted octanol–water partition coefficient (Wildman–Crippen LogP) is 0.465. The normalized spacial score (nSPS) is 19.1. The van der Waals surface area contributed by atoms with Crippen LogP contribution in [0.5, 0.6) is 0 Å². The van der Waals surface area contributed by atoms with Gasteiger partial charge in [-0.05, 0) is 0 Å². The van der Waals surface area contributed by atoms with Gasteiger partial charge in [0.05, 0.1) is 0 Å². The van der Waals surface area contributed by atoms with E-state index in [1.807, 2.05) is 0 Å². The maximum atomic E-state index is 8.94. The van der Waals surface area contributed by atoms with Gasteiger partial charge in [-0.25, -0.2) is 0 Å². The summed E-state index contributed by atoms with van der Waals surface area (Å²) in [5.41, 5.74) is 0. The van der Waals surface area contributed by atoms with Gasteiger partial charge in [-0.1, -0.05) is 0 Å². The van der Waals surface area contributed by atoms with E-state index in [4.69, 9.17) is 10.2 Å². The summed E-state index contributed by atoms with van der Waals surface area (Å²) in [7, 11) is 0. The summed E-state index contributed by atoms with van der Waals surface area (Å²) in [5.74, 6) is 0.870. The van der Waals surface area contributed by atoms with Crippen molar-refractivity contribution in [2.45, 2.75) is 28.5 Å². The molecule has 0 spiro atoms. The maximum absolute atomic E-state index is 8.94. The molecule has 0 saturated carbocycles. The van der Waals surface area contributed by atoms with E-state index < -0.39 is 14.7 Å². The van der Waals surface area contributed by atoms with E-state index in [0.717, 1.165) is 29.4 Å². The van der Waals surface area contributed by atoms with Gasteiger partial charge < -0.3 is 0 Å². The zero-order valence-corrected chi connectivity index (χ0v) is 10.7. The molecule has 1 aliphatic rings. The molecule has 0 aromatic heterocycles. The SMILES string of the molecule is OCC[As](CCO)CC1CCNCC1. The summed E-state index contributed by atoms with van der Waals surface area (Å²) in [6.45, 7) is 2.96. The van der Waals surface area contributed by atoms with Crippen molar-refractivity contribution in [3.05, 3.63) is 0 Å². The molecular formula is C10H22AsNO2. The Kier molecular flexibility index (Phi) is 6.87. The van der Waals surface area contributed by atoms with Crippen LogP contribution in [0.4, 0.5) is 0 Å². The summed E-state index contributed by atoms with van der Waals surface area (Å²) in [4.78, 5) is 0. The fourth-order valence-electron chi connectivity index (χ4n) is 2.01. The van der Waals surface area contributed by atoms with Crippen LogP contribution in [0.2, 0.25) is 15.6 Å². The van der Waals surface area contributed by atoms with E-state index in [9.17, 15) is 0 Å². The van der Waals surface area contributed by atoms with Gasteiger partial charge in [0.15, 0.2) is 0 Å². The molecule has 1 aliphatic heterocycles. The van der Waals surface area contributed by atoms with Crippen LogP contribution >= 0.6 is 0 Å². The van der Waals surface area contributed by atoms with Crippen molar-refractivity contribution in [1.29, 1.82) is 0 Å². The summed E-state index contributed by atoms with van der Waals surface area (Å²) < 4.78 is 0. The molecule has 1 heterocycles. The number of hydrogen-bond donors (Lipinski definition) is 3. The molecule has 1 saturated heterocycles. The molecule has 0 aromatic rings. The summed E-state index contributed by atoms with van der Waals surface area (Å²) in [5, 5.41) is 24.6. The van der Waals surface area contributed by atoms with Gasteiger partial charge in [-0.2, -0.15) is 0 Å². The van der Waals surface area contributed by atoms with Crippen molar-refractivity contribution in [3.63, 3.8) is 0 Å². The Balaban J connectivity index is 2.21. The molecule has 0 aromatic carbocycles. The van der Waals surface area contributed by atoms with Gasteiger partial charge in [0.2, 0.25) is 0 Å². The van der Waals surface area contributed by atoms with Crippen molar-refractivity contribution in [2.24, 2.45) is 5.92 Å². The molecule has 0 radical (unpaired) electrons. The van der Waals surface area contributed by atoms with E-state index in [2.05, 4.69) is 5.32 Å². The van der Waals surface area contributed by atoms with Gasteiger partial charge in [0.25, 0.3) is 0 Å². The van der Waals surface area contributed by atoms with Crippen LogP contribution < -0.4 is 5.32 Å². The fourth-order valence-corrected chi connectivity index (χ4v) is 6.73. The van der Waals surface area contributed by atoms with Crippen LogP contribution in [-0.4, -0.2) is 51.2 Å². The van der Waals surface area contributed by atoms with Crippen LogP contribution in [0.25, 0.3) is 0 Å². The molecule has 1 rings (SSSR count). The van der Waals surface area contributed by atoms with Crippen LogP contribution in [0.3, 0.4) is 0 Å². The molecule has 0 atom stereocenters. The standard InChI is InChI=1S/C10H22AsNO2/c13-7-3-11(4-8-14)9-10-1-5-12-6-2-10/h10,12-14H,1-9H2. The van der Waals surface area contributed by atoms with Gasteiger partial charge in [0, 0.05) is 0 Å². The number of hydrogen-bond acceptors (Lipinski definition) is 3. The van der Waals surface area contributed by atoms with Crippen molar-refractivity contribution in [3.8, 4) is 0 Å². The average molecular weight is 263 g/mol. The third-order valence-electron chi connectivity index (χ3n) is 2.81. The second-order valence-electron chi connectivity index (χ2n) is 3.94. The minimum absolute atomic E-state index is 0.324. The monoisotopic (exact) mass is 263 g/mol. The average Bonchev–Trinajstić information content (AvgIpc) is 2.20. The Hall–Kier alpha value is 0.438. The molecule has 14 heavy (non-hydrogen) atoms. The summed E-state index contributed by atoms with van der Waals surface area (Å²) >= 11 is -0.903. The van der Waals surface area contributed by atoms with Crippen molar-refractivity contribution in [1.82, 2.24) is 5.32 Å². The molecule has 0 bridgehead atoms. The number of piperidine rings is 1. The number of aliphatic hydroxyl groups is 2. The van der Waals surface area contributed by atoms with Crippen molar-refractivity contribution in [2.75, 3.05) is 26.3 Å². The van der Waals surface area contributed by atoms with Gasteiger partial charge in [-0.15, -0.1) is 0 Å². The molecular weight excluding hydrogens is 241 g/mol. The first-order valence-corrected chi connectivity index (χ1v) is 9.49. The van der Waals surface area contributed by atoms with Crippen LogP contribution in [0.15, 0.2) is 0 Å². The molecule has 1 fully saturated rings. The van der Waals surface area contributed by atoms with E-state index in [1.54, 1.807) is 0 Å². The fraction of sp³-hybridized carbons (Fsp3) is 1.00. The number of rotatable bonds is 6. The van der Waals surface area contributed by atoms with E-state index in [1.165, 1.54) is 18.1 Å². The molecule has 3 N–H and O–H groups in total. The number of aliphatic hydroxyl groups excluding tert-OH is 2. The summed E-state index contributed by atoms with van der Waals surface area (Å²) in [6.07, 6.45) is 2.59. The Labute approximate surface area is 91.2 Å². The van der Waals surface area contributed by atoms with Crippen molar-refractivity contribution >= 4 is 14.7 Å². The van der Waals surface area contributed by atoms with Gasteiger partial charge in [0.1, 0.15) is 0 Å².